The van der Waals surface area contributed by atoms with Crippen molar-refractivity contribution >= 4 is 11.8 Å². The Morgan fingerprint density at radius 3 is 2.86 bits per heavy atom. The van der Waals surface area contributed by atoms with Crippen molar-refractivity contribution in [2.75, 3.05) is 20.2 Å². The lowest BCUT2D eigenvalue weighted by atomic mass is 9.87. The van der Waals surface area contributed by atoms with E-state index in [1.54, 1.807) is 36.1 Å². The molecule has 1 aliphatic heterocycles. The summed E-state index contributed by atoms with van der Waals surface area (Å²) in [6, 6.07) is 0. The van der Waals surface area contributed by atoms with Crippen molar-refractivity contribution in [2.45, 2.75) is 31.3 Å². The van der Waals surface area contributed by atoms with E-state index in [2.05, 4.69) is 5.10 Å². The van der Waals surface area contributed by atoms with Crippen LogP contribution in [-0.4, -0.2) is 52.3 Å². The smallest absolute Gasteiger partial charge is 0.257 e. The summed E-state index contributed by atoms with van der Waals surface area (Å²) in [5.41, 5.74) is 5.31. The van der Waals surface area contributed by atoms with Gasteiger partial charge in [-0.05, 0) is 19.3 Å². The molecule has 0 unspecified atom stereocenters. The summed E-state index contributed by atoms with van der Waals surface area (Å²) in [7, 11) is 3.40. The first-order valence-electron chi connectivity index (χ1n) is 7.07. The molecule has 2 N–H and O–H groups in total. The van der Waals surface area contributed by atoms with Gasteiger partial charge in [-0.25, -0.2) is 0 Å². The molecule has 1 fully saturated rings. The second-order valence-corrected chi connectivity index (χ2v) is 5.59. The highest BCUT2D eigenvalue weighted by Crippen LogP contribution is 2.29. The summed E-state index contributed by atoms with van der Waals surface area (Å²) in [4.78, 5) is 25.3. The summed E-state index contributed by atoms with van der Waals surface area (Å²) in [5, 5.41) is 4.03. The molecular formula is C14H22N4O3. The first-order valence-corrected chi connectivity index (χ1v) is 7.07. The largest absolute Gasteiger partial charge is 0.376 e. The highest BCUT2D eigenvalue weighted by Gasteiger charge is 2.37. The molecule has 1 aliphatic rings. The van der Waals surface area contributed by atoms with E-state index in [1.807, 2.05) is 0 Å². The molecule has 116 valence electrons. The summed E-state index contributed by atoms with van der Waals surface area (Å²) >= 11 is 0. The Bertz CT molecular complexity index is 528. The number of nitrogens with two attached hydrogens (primary N) is 1. The quantitative estimate of drug-likeness (QED) is 0.846. The number of piperidine rings is 1. The van der Waals surface area contributed by atoms with Gasteiger partial charge in [0.15, 0.2) is 0 Å². The maximum Gasteiger partial charge on any atom is 0.257 e. The second-order valence-electron chi connectivity index (χ2n) is 5.59. The number of ether oxygens (including phenoxy) is 1. The van der Waals surface area contributed by atoms with Crippen molar-refractivity contribution in [2.24, 2.45) is 12.8 Å². The fourth-order valence-electron chi connectivity index (χ4n) is 2.81. The molecule has 2 amide bonds. The number of hydrogen-bond acceptors (Lipinski definition) is 4. The molecule has 1 atom stereocenters. The van der Waals surface area contributed by atoms with Gasteiger partial charge in [0, 0.05) is 39.9 Å². The Labute approximate surface area is 124 Å². The van der Waals surface area contributed by atoms with E-state index in [1.165, 1.54) is 0 Å². The van der Waals surface area contributed by atoms with Gasteiger partial charge in [-0.1, -0.05) is 0 Å². The molecule has 1 aromatic heterocycles. The Balaban J connectivity index is 2.08. The van der Waals surface area contributed by atoms with Crippen LogP contribution in [0.15, 0.2) is 12.4 Å². The lowest BCUT2D eigenvalue weighted by Crippen LogP contribution is -2.51. The predicted molar refractivity (Wildman–Crippen MR) is 76.5 cm³/mol. The number of amides is 2. The lowest BCUT2D eigenvalue weighted by Gasteiger charge is -2.41. The maximum atomic E-state index is 12.5. The first kappa shape index (κ1) is 15.5. The molecule has 2 rings (SSSR count). The van der Waals surface area contributed by atoms with E-state index in [4.69, 9.17) is 10.5 Å². The summed E-state index contributed by atoms with van der Waals surface area (Å²) in [5.74, 6) is -0.398. The van der Waals surface area contributed by atoms with Crippen LogP contribution in [0.4, 0.5) is 0 Å². The van der Waals surface area contributed by atoms with E-state index < -0.39 is 5.60 Å². The van der Waals surface area contributed by atoms with Crippen LogP contribution in [0.3, 0.4) is 0 Å². The van der Waals surface area contributed by atoms with Crippen LogP contribution in [0.1, 0.15) is 36.0 Å². The number of methoxy groups -OCH3 is 1. The zero-order valence-electron chi connectivity index (χ0n) is 12.5. The van der Waals surface area contributed by atoms with E-state index in [0.29, 0.717) is 25.1 Å². The van der Waals surface area contributed by atoms with Gasteiger partial charge in [0.05, 0.1) is 17.4 Å². The molecule has 0 radical (unpaired) electrons. The van der Waals surface area contributed by atoms with Crippen molar-refractivity contribution in [1.82, 2.24) is 14.7 Å². The Kier molecular flexibility index (Phi) is 4.62. The van der Waals surface area contributed by atoms with Crippen LogP contribution >= 0.6 is 0 Å². The number of carbonyl (C=O) groups is 2. The standard InChI is InChI=1S/C14H22N4O3/c1-17-9-11(8-16-17)13(20)18-7-3-5-14(10-18,21-2)6-4-12(15)19/h8-9H,3-7,10H2,1-2H3,(H2,15,19)/t14-/m1/s1. The highest BCUT2D eigenvalue weighted by molar-refractivity contribution is 5.93. The Hall–Kier alpha value is -1.89. The first-order chi connectivity index (χ1) is 9.96. The zero-order valence-corrected chi connectivity index (χ0v) is 12.5. The third kappa shape index (κ3) is 3.60. The fourth-order valence-corrected chi connectivity index (χ4v) is 2.81. The molecule has 1 aromatic rings. The maximum absolute atomic E-state index is 12.5. The van der Waals surface area contributed by atoms with Crippen molar-refractivity contribution in [3.8, 4) is 0 Å². The van der Waals surface area contributed by atoms with Crippen LogP contribution in [0, 0.1) is 0 Å². The molecule has 0 spiro atoms. The van der Waals surface area contributed by atoms with Crippen LogP contribution in [0.25, 0.3) is 0 Å². The normalized spacial score (nSPS) is 22.3. The topological polar surface area (TPSA) is 90.4 Å². The van der Waals surface area contributed by atoms with Gasteiger partial charge in [-0.3, -0.25) is 14.3 Å². The van der Waals surface area contributed by atoms with E-state index >= 15 is 0 Å². The average molecular weight is 294 g/mol. The van der Waals surface area contributed by atoms with Gasteiger partial charge in [0.1, 0.15) is 0 Å². The monoisotopic (exact) mass is 294 g/mol. The molecule has 7 heteroatoms. The molecule has 0 saturated carbocycles. The minimum atomic E-state index is -0.481. The minimum absolute atomic E-state index is 0.0525. The zero-order chi connectivity index (χ0) is 15.5. The van der Waals surface area contributed by atoms with E-state index in [9.17, 15) is 9.59 Å². The van der Waals surface area contributed by atoms with Gasteiger partial charge < -0.3 is 15.4 Å². The number of primary amides is 1. The average Bonchev–Trinajstić information content (AvgIpc) is 2.91. The number of aromatic nitrogens is 2. The third-order valence-electron chi connectivity index (χ3n) is 4.04. The summed E-state index contributed by atoms with van der Waals surface area (Å²) in [6.45, 7) is 1.17. The second kappa shape index (κ2) is 6.26. The van der Waals surface area contributed by atoms with Crippen molar-refractivity contribution in [1.29, 1.82) is 0 Å². The van der Waals surface area contributed by atoms with Crippen molar-refractivity contribution in [3.63, 3.8) is 0 Å². The highest BCUT2D eigenvalue weighted by atomic mass is 16.5. The van der Waals surface area contributed by atoms with E-state index in [0.717, 1.165) is 12.8 Å². The van der Waals surface area contributed by atoms with Crippen LogP contribution in [0.5, 0.6) is 0 Å². The number of aryl methyl sites for hydroxylation is 1. The summed E-state index contributed by atoms with van der Waals surface area (Å²) in [6.07, 6.45) is 5.74. The molecular weight excluding hydrogens is 272 g/mol. The van der Waals surface area contributed by atoms with Gasteiger partial charge in [0.25, 0.3) is 5.91 Å². The van der Waals surface area contributed by atoms with Crippen molar-refractivity contribution in [3.05, 3.63) is 18.0 Å². The number of hydrogen-bond donors (Lipinski definition) is 1. The third-order valence-corrected chi connectivity index (χ3v) is 4.04. The number of rotatable bonds is 5. The van der Waals surface area contributed by atoms with Crippen LogP contribution in [-0.2, 0) is 16.6 Å². The minimum Gasteiger partial charge on any atom is -0.376 e. The van der Waals surface area contributed by atoms with Gasteiger partial charge >= 0.3 is 0 Å². The number of nitrogens with zero attached hydrogens (tertiary/aromatic N) is 3. The predicted octanol–water partition coefficient (Wildman–Crippen LogP) is 0.307. The van der Waals surface area contributed by atoms with Crippen LogP contribution < -0.4 is 5.73 Å². The summed E-state index contributed by atoms with van der Waals surface area (Å²) < 4.78 is 7.23. The molecule has 7 nitrogen and oxygen atoms in total. The molecule has 0 bridgehead atoms. The number of likely N-dealkylation sites (tertiary alicyclic amines) is 1. The fraction of sp³-hybridized carbons (Fsp3) is 0.643. The molecule has 2 heterocycles. The van der Waals surface area contributed by atoms with Gasteiger partial charge in [0.2, 0.25) is 5.91 Å². The molecule has 0 aliphatic carbocycles. The van der Waals surface area contributed by atoms with E-state index in [-0.39, 0.29) is 18.2 Å². The van der Waals surface area contributed by atoms with Crippen LogP contribution in [0.2, 0.25) is 0 Å². The Morgan fingerprint density at radius 1 is 1.52 bits per heavy atom. The van der Waals surface area contributed by atoms with Gasteiger partial charge in [-0.2, -0.15) is 5.10 Å². The SMILES string of the molecule is CO[C@@]1(CCC(N)=O)CCCN(C(=O)c2cnn(C)c2)C1. The lowest BCUT2D eigenvalue weighted by molar-refractivity contribution is -0.120. The molecule has 0 aromatic carbocycles. The molecule has 1 saturated heterocycles. The van der Waals surface area contributed by atoms with Crippen molar-refractivity contribution < 1.29 is 14.3 Å². The molecule has 21 heavy (non-hydrogen) atoms. The van der Waals surface area contributed by atoms with Gasteiger partial charge in [-0.15, -0.1) is 0 Å². The Morgan fingerprint density at radius 2 is 2.29 bits per heavy atom. The number of carbonyl (C=O) groups excluding carboxylic acids is 2.